The molecule has 1 aromatic heterocycles. The van der Waals surface area contributed by atoms with Crippen LogP contribution in [-0.2, 0) is 39.1 Å². The van der Waals surface area contributed by atoms with E-state index in [2.05, 4.69) is 15.6 Å². The van der Waals surface area contributed by atoms with E-state index in [0.717, 1.165) is 17.6 Å². The molecule has 1 fully saturated rings. The van der Waals surface area contributed by atoms with Gasteiger partial charge in [0, 0.05) is 23.3 Å². The van der Waals surface area contributed by atoms with Crippen molar-refractivity contribution < 1.29 is 60.8 Å². The van der Waals surface area contributed by atoms with Crippen molar-refractivity contribution in [3.8, 4) is 17.2 Å². The number of aliphatic carboxylic acids is 1. The van der Waals surface area contributed by atoms with Crippen LogP contribution >= 0.6 is 18.9 Å². The molecule has 16 nitrogen and oxygen atoms in total. The lowest BCUT2D eigenvalue weighted by atomic mass is 10.2. The van der Waals surface area contributed by atoms with Crippen molar-refractivity contribution in [1.82, 2.24) is 10.3 Å². The summed E-state index contributed by atoms with van der Waals surface area (Å²) in [5.41, 5.74) is 0.613. The van der Waals surface area contributed by atoms with Crippen molar-refractivity contribution in [2.45, 2.75) is 50.5 Å². The van der Waals surface area contributed by atoms with Crippen LogP contribution in [0.4, 0.5) is 9.93 Å². The minimum absolute atomic E-state index is 0.0296. The van der Waals surface area contributed by atoms with Crippen LogP contribution < -0.4 is 20.1 Å². The zero-order valence-corrected chi connectivity index (χ0v) is 29.6. The Morgan fingerprint density at radius 3 is 2.31 bits per heavy atom. The number of nitrogens with one attached hydrogen (secondary N) is 2. The third kappa shape index (κ3) is 13.4. The van der Waals surface area contributed by atoms with E-state index >= 15 is 0 Å². The first-order chi connectivity index (χ1) is 23.1. The van der Waals surface area contributed by atoms with Gasteiger partial charge < -0.3 is 38.8 Å². The fourth-order valence-electron chi connectivity index (χ4n) is 4.03. The number of rotatable bonds is 16. The molecule has 2 atom stereocenters. The van der Waals surface area contributed by atoms with Crippen molar-refractivity contribution >= 4 is 51.9 Å². The average Bonchev–Trinajstić information content (AvgIpc) is 3.63. The molecular formula is C30H38N3O13PS2. The van der Waals surface area contributed by atoms with E-state index in [4.69, 9.17) is 33.5 Å². The van der Waals surface area contributed by atoms with Crippen LogP contribution in [0.15, 0.2) is 52.7 Å². The highest BCUT2D eigenvalue weighted by Crippen LogP contribution is 2.51. The van der Waals surface area contributed by atoms with Crippen LogP contribution in [0, 0.1) is 0 Å². The van der Waals surface area contributed by atoms with Crippen LogP contribution in [0.2, 0.25) is 0 Å². The monoisotopic (exact) mass is 743 g/mol. The molecular weight excluding hydrogens is 705 g/mol. The van der Waals surface area contributed by atoms with Gasteiger partial charge in [-0.1, -0.05) is 0 Å². The smallest absolute Gasteiger partial charge is 0.407 e. The SMILES string of the molecule is CCOP(=O)(Cc1csc(NC(=O)c2cc(OC[C@H]3CNC(=O)O3)cc(Oc3ccc(S(C)(=O)=O)cc3)c2)n1)OCC.C[C@H](O)CC(=O)O. The Morgan fingerprint density at radius 2 is 1.78 bits per heavy atom. The van der Waals surface area contributed by atoms with E-state index in [0.29, 0.717) is 11.4 Å². The number of hydrogen-bond acceptors (Lipinski definition) is 14. The Labute approximate surface area is 287 Å². The predicted octanol–water partition coefficient (Wildman–Crippen LogP) is 4.69. The number of aromatic nitrogens is 1. The summed E-state index contributed by atoms with van der Waals surface area (Å²) in [5, 5.41) is 23.4. The normalized spacial score (nSPS) is 14.9. The van der Waals surface area contributed by atoms with E-state index in [9.17, 15) is 27.4 Å². The highest BCUT2D eigenvalue weighted by molar-refractivity contribution is 7.90. The molecule has 0 unspecified atom stereocenters. The second-order valence-corrected chi connectivity index (χ2v) is 15.3. The fourth-order valence-corrected chi connectivity index (χ4v) is 7.09. The number of carbonyl (C=O) groups is 3. The standard InChI is InChI=1S/C26H30N3O10PS2.C4H8O3/c1-4-36-40(32,37-5-2)15-18-16-41-25(28-18)29-24(30)17-10-20(35-14-22-13-27-26(31)39-22)12-21(11-17)38-19-6-8-23(9-7-19)42(3,33)34;1-3(5)2-4(6)7/h6-12,16,22H,4-5,13-15H2,1-3H3,(H,27,31)(H,28,29,30);3,5H,2H2,1H3,(H,6,7)/t22-;3-/m10/s1. The molecule has 4 rings (SSSR count). The molecule has 0 aliphatic carbocycles. The first kappa shape index (κ1) is 39.4. The van der Waals surface area contributed by atoms with Gasteiger partial charge in [-0.25, -0.2) is 18.2 Å². The summed E-state index contributed by atoms with van der Waals surface area (Å²) in [6, 6.07) is 10.3. The van der Waals surface area contributed by atoms with Crippen LogP contribution in [0.5, 0.6) is 17.2 Å². The van der Waals surface area contributed by atoms with Gasteiger partial charge in [-0.05, 0) is 57.2 Å². The third-order valence-corrected chi connectivity index (χ3v) is 10.0. The zero-order chi connectivity index (χ0) is 36.2. The predicted molar refractivity (Wildman–Crippen MR) is 178 cm³/mol. The number of aliphatic hydroxyl groups excluding tert-OH is 1. The molecule has 4 N–H and O–H groups in total. The van der Waals surface area contributed by atoms with E-state index in [1.165, 1.54) is 43.3 Å². The lowest BCUT2D eigenvalue weighted by Crippen LogP contribution is -2.22. The fraction of sp³-hybridized carbons (Fsp3) is 0.400. The molecule has 1 aliphatic rings. The first-order valence-electron chi connectivity index (χ1n) is 14.8. The highest BCUT2D eigenvalue weighted by atomic mass is 32.2. The summed E-state index contributed by atoms with van der Waals surface area (Å²) in [6.45, 7) is 5.62. The van der Waals surface area contributed by atoms with E-state index < -0.39 is 47.6 Å². The number of cyclic esters (lactones) is 1. The summed E-state index contributed by atoms with van der Waals surface area (Å²) in [4.78, 5) is 38.7. The lowest BCUT2D eigenvalue weighted by Gasteiger charge is -2.15. The Balaban J connectivity index is 0.000000838. The van der Waals surface area contributed by atoms with E-state index in [1.54, 1.807) is 25.3 Å². The minimum atomic E-state index is -3.38. The summed E-state index contributed by atoms with van der Waals surface area (Å²) in [5.74, 6) is -0.652. The zero-order valence-electron chi connectivity index (χ0n) is 27.1. The van der Waals surface area contributed by atoms with E-state index in [-0.39, 0.29) is 66.0 Å². The molecule has 19 heteroatoms. The van der Waals surface area contributed by atoms with Crippen molar-refractivity contribution in [1.29, 1.82) is 0 Å². The van der Waals surface area contributed by atoms with Crippen molar-refractivity contribution in [3.63, 3.8) is 0 Å². The van der Waals surface area contributed by atoms with Gasteiger partial charge in [0.15, 0.2) is 21.1 Å². The Morgan fingerprint density at radius 1 is 1.12 bits per heavy atom. The van der Waals surface area contributed by atoms with Gasteiger partial charge in [0.05, 0.1) is 49.0 Å². The summed E-state index contributed by atoms with van der Waals surface area (Å²) in [7, 11) is -6.76. The Kier molecular flexibility index (Phi) is 14.5. The highest BCUT2D eigenvalue weighted by Gasteiger charge is 2.26. The van der Waals surface area contributed by atoms with Crippen molar-refractivity contribution in [2.75, 3.05) is 37.9 Å². The number of benzene rings is 2. The molecule has 2 amide bonds. The number of carbonyl (C=O) groups excluding carboxylic acids is 2. The summed E-state index contributed by atoms with van der Waals surface area (Å²) in [6.07, 6.45) is -0.882. The largest absolute Gasteiger partial charge is 0.489 e. The second kappa shape index (κ2) is 18.1. The molecule has 1 aliphatic heterocycles. The van der Waals surface area contributed by atoms with Crippen molar-refractivity contribution in [3.05, 3.63) is 59.1 Å². The number of carboxylic acids is 1. The van der Waals surface area contributed by atoms with Gasteiger partial charge in [-0.2, -0.15) is 0 Å². The quantitative estimate of drug-likeness (QED) is 0.146. The van der Waals surface area contributed by atoms with Crippen LogP contribution in [-0.4, -0.2) is 86.4 Å². The first-order valence-corrected chi connectivity index (χ1v) is 19.3. The molecule has 2 aromatic carbocycles. The van der Waals surface area contributed by atoms with Gasteiger partial charge in [0.1, 0.15) is 23.9 Å². The lowest BCUT2D eigenvalue weighted by molar-refractivity contribution is -0.138. The maximum Gasteiger partial charge on any atom is 0.407 e. The van der Waals surface area contributed by atoms with Gasteiger partial charge in [0.25, 0.3) is 5.91 Å². The van der Waals surface area contributed by atoms with Gasteiger partial charge >= 0.3 is 19.7 Å². The van der Waals surface area contributed by atoms with Gasteiger partial charge in [0.2, 0.25) is 0 Å². The maximum absolute atomic E-state index is 13.2. The molecule has 0 saturated carbocycles. The number of ether oxygens (including phenoxy) is 3. The molecule has 268 valence electrons. The molecule has 1 saturated heterocycles. The number of nitrogens with zero attached hydrogens (tertiary/aromatic N) is 1. The van der Waals surface area contributed by atoms with Gasteiger partial charge in [-0.3, -0.25) is 19.5 Å². The summed E-state index contributed by atoms with van der Waals surface area (Å²) < 4.78 is 63.8. The molecule has 49 heavy (non-hydrogen) atoms. The second-order valence-electron chi connectivity index (χ2n) is 10.4. The number of sulfone groups is 1. The molecule has 0 radical (unpaired) electrons. The molecule has 0 bridgehead atoms. The topological polar surface area (TPSA) is 226 Å². The molecule has 0 spiro atoms. The average molecular weight is 744 g/mol. The molecule has 3 aromatic rings. The number of thiazole rings is 1. The van der Waals surface area contributed by atoms with Crippen LogP contribution in [0.1, 0.15) is 43.2 Å². The maximum atomic E-state index is 13.2. The van der Waals surface area contributed by atoms with Gasteiger partial charge in [-0.15, -0.1) is 11.3 Å². The number of aliphatic hydroxyl groups is 1. The van der Waals surface area contributed by atoms with Crippen LogP contribution in [0.25, 0.3) is 0 Å². The number of alkyl carbamates (subject to hydrolysis) is 1. The van der Waals surface area contributed by atoms with E-state index in [1.807, 2.05) is 0 Å². The number of anilines is 1. The Hall–Kier alpha value is -4.06. The number of amides is 2. The third-order valence-electron chi connectivity index (χ3n) is 6.06. The van der Waals surface area contributed by atoms with Crippen molar-refractivity contribution in [2.24, 2.45) is 0 Å². The Bertz CT molecular complexity index is 1740. The molecule has 2 heterocycles. The number of hydrogen-bond donors (Lipinski definition) is 4. The number of carboxylic acid groups (broad SMARTS) is 1. The minimum Gasteiger partial charge on any atom is -0.489 e. The van der Waals surface area contributed by atoms with Crippen LogP contribution in [0.3, 0.4) is 0 Å². The summed E-state index contributed by atoms with van der Waals surface area (Å²) >= 11 is 1.15.